The summed E-state index contributed by atoms with van der Waals surface area (Å²) in [4.78, 5) is 5.44. The first kappa shape index (κ1) is 18.7. The van der Waals surface area contributed by atoms with Crippen LogP contribution in [-0.4, -0.2) is 31.5 Å². The highest BCUT2D eigenvalue weighted by Crippen LogP contribution is 2.37. The van der Waals surface area contributed by atoms with Crippen molar-refractivity contribution in [2.24, 2.45) is 5.92 Å². The molecule has 0 radical (unpaired) electrons. The summed E-state index contributed by atoms with van der Waals surface area (Å²) in [5, 5.41) is 0. The Hall–Kier alpha value is -1.08. The number of ether oxygens (including phenoxy) is 1. The van der Waals surface area contributed by atoms with Crippen molar-refractivity contribution in [3.05, 3.63) is 23.8 Å². The number of hydrogen-bond acceptors (Lipinski definition) is 5. The summed E-state index contributed by atoms with van der Waals surface area (Å²) in [6.07, 6.45) is 2.53. The maximum atomic E-state index is 6.24. The van der Waals surface area contributed by atoms with Crippen molar-refractivity contribution < 1.29 is 18.9 Å². The van der Waals surface area contributed by atoms with Crippen LogP contribution < -0.4 is 15.7 Å². The predicted molar refractivity (Wildman–Crippen MR) is 98.8 cm³/mol. The lowest BCUT2D eigenvalue weighted by molar-refractivity contribution is 0.00578. The Kier molecular flexibility index (Phi) is 5.44. The van der Waals surface area contributed by atoms with Gasteiger partial charge in [-0.15, -0.1) is 0 Å². The van der Waals surface area contributed by atoms with Crippen molar-refractivity contribution in [1.29, 1.82) is 0 Å². The molecule has 0 unspecified atom stereocenters. The zero-order chi connectivity index (χ0) is 18.1. The number of hydroxylamine groups is 1. The largest absolute Gasteiger partial charge is 0.498 e. The average molecular weight is 347 g/mol. The van der Waals surface area contributed by atoms with Crippen LogP contribution in [0.2, 0.25) is 0 Å². The predicted octanol–water partition coefficient (Wildman–Crippen LogP) is 2.82. The third-order valence-electron chi connectivity index (χ3n) is 5.24. The molecule has 0 spiro atoms. The maximum absolute atomic E-state index is 6.24. The normalized spacial score (nSPS) is 21.6. The van der Waals surface area contributed by atoms with Gasteiger partial charge in [0.2, 0.25) is 0 Å². The van der Waals surface area contributed by atoms with Gasteiger partial charge in [0.15, 0.2) is 0 Å². The van der Waals surface area contributed by atoms with E-state index < -0.39 is 7.12 Å². The third-order valence-corrected chi connectivity index (χ3v) is 5.24. The summed E-state index contributed by atoms with van der Waals surface area (Å²) in [6.45, 7) is 12.3. The maximum Gasteiger partial charge on any atom is 0.498 e. The van der Waals surface area contributed by atoms with Crippen LogP contribution in [0.5, 0.6) is 5.75 Å². The van der Waals surface area contributed by atoms with Gasteiger partial charge < -0.3 is 14.0 Å². The number of rotatable bonds is 8. The van der Waals surface area contributed by atoms with Crippen molar-refractivity contribution in [1.82, 2.24) is 5.48 Å². The van der Waals surface area contributed by atoms with Gasteiger partial charge >= 0.3 is 7.12 Å². The molecule has 5 nitrogen and oxygen atoms in total. The Bertz CT molecular complexity index is 585. The quantitative estimate of drug-likeness (QED) is 0.445. The van der Waals surface area contributed by atoms with Gasteiger partial charge in [-0.25, -0.2) is 5.48 Å². The molecule has 1 aromatic rings. The van der Waals surface area contributed by atoms with E-state index in [0.717, 1.165) is 29.9 Å². The molecule has 1 aliphatic carbocycles. The lowest BCUT2D eigenvalue weighted by Gasteiger charge is -2.32. The van der Waals surface area contributed by atoms with E-state index in [1.54, 1.807) is 0 Å². The third kappa shape index (κ3) is 4.37. The first-order valence-electron chi connectivity index (χ1n) is 9.28. The van der Waals surface area contributed by atoms with Gasteiger partial charge in [-0.05, 0) is 58.1 Å². The van der Waals surface area contributed by atoms with E-state index in [0.29, 0.717) is 12.5 Å². The molecule has 0 atom stereocenters. The summed E-state index contributed by atoms with van der Waals surface area (Å²) >= 11 is 0. The molecule has 2 aliphatic rings. The molecule has 0 bridgehead atoms. The first-order chi connectivity index (χ1) is 11.8. The molecule has 0 aromatic heterocycles. The van der Waals surface area contributed by atoms with E-state index in [-0.39, 0.29) is 11.2 Å². The Balaban J connectivity index is 1.80. The Labute approximate surface area is 151 Å². The van der Waals surface area contributed by atoms with Crippen LogP contribution in [0.25, 0.3) is 0 Å². The minimum absolute atomic E-state index is 0.373. The highest BCUT2D eigenvalue weighted by atomic mass is 16.7. The zero-order valence-corrected chi connectivity index (χ0v) is 16.1. The highest BCUT2D eigenvalue weighted by molar-refractivity contribution is 6.63. The minimum Gasteiger partial charge on any atom is -0.494 e. The molecule has 2 fully saturated rings. The van der Waals surface area contributed by atoms with Crippen LogP contribution >= 0.6 is 0 Å². The molecule has 1 aromatic carbocycles. The monoisotopic (exact) mass is 347 g/mol. The summed E-state index contributed by atoms with van der Waals surface area (Å²) in [5.41, 5.74) is 4.14. The van der Waals surface area contributed by atoms with E-state index in [1.165, 1.54) is 12.8 Å². The fourth-order valence-corrected chi connectivity index (χ4v) is 2.70. The van der Waals surface area contributed by atoms with Crippen LogP contribution in [0.3, 0.4) is 0 Å². The lowest BCUT2D eigenvalue weighted by Crippen LogP contribution is -2.41. The van der Waals surface area contributed by atoms with Crippen LogP contribution in [0.1, 0.15) is 53.0 Å². The fourth-order valence-electron chi connectivity index (χ4n) is 2.70. The molecular weight excluding hydrogens is 317 g/mol. The van der Waals surface area contributed by atoms with Gasteiger partial charge in [0.25, 0.3) is 0 Å². The fraction of sp³-hybridized carbons (Fsp3) is 0.684. The van der Waals surface area contributed by atoms with Gasteiger partial charge in [0, 0.05) is 12.0 Å². The highest BCUT2D eigenvalue weighted by Gasteiger charge is 2.52. The van der Waals surface area contributed by atoms with Gasteiger partial charge in [0.05, 0.1) is 24.4 Å². The van der Waals surface area contributed by atoms with Crippen molar-refractivity contribution in [2.75, 3.05) is 13.2 Å². The van der Waals surface area contributed by atoms with Crippen molar-refractivity contribution in [2.45, 2.75) is 65.3 Å². The summed E-state index contributed by atoms with van der Waals surface area (Å²) < 4.78 is 18.5. The van der Waals surface area contributed by atoms with Gasteiger partial charge in [0.1, 0.15) is 5.75 Å². The molecule has 1 heterocycles. The van der Waals surface area contributed by atoms with Crippen molar-refractivity contribution >= 4 is 12.6 Å². The summed E-state index contributed by atoms with van der Waals surface area (Å²) in [7, 11) is -0.432. The van der Waals surface area contributed by atoms with Crippen LogP contribution in [-0.2, 0) is 20.8 Å². The molecule has 25 heavy (non-hydrogen) atoms. The molecule has 6 heteroatoms. The van der Waals surface area contributed by atoms with Crippen molar-refractivity contribution in [3.8, 4) is 5.75 Å². The number of nitrogens with one attached hydrogen (secondary N) is 1. The molecule has 1 aliphatic heterocycles. The second-order valence-corrected chi connectivity index (χ2v) is 8.00. The summed E-state index contributed by atoms with van der Waals surface area (Å²) in [5.74, 6) is 1.54. The van der Waals surface area contributed by atoms with Gasteiger partial charge in [-0.3, -0.25) is 4.84 Å². The topological polar surface area (TPSA) is 49.0 Å². The number of benzene rings is 1. The SMILES string of the molecule is CCNOCc1ccc(OCC2CC2)c(B2OC(C)(C)C(C)(C)O2)c1. The molecule has 3 rings (SSSR count). The van der Waals surface area contributed by atoms with Crippen LogP contribution in [0.4, 0.5) is 0 Å². The molecule has 1 saturated heterocycles. The smallest absolute Gasteiger partial charge is 0.494 e. The minimum atomic E-state index is -0.432. The second kappa shape index (κ2) is 7.27. The van der Waals surface area contributed by atoms with Gasteiger partial charge in [-0.2, -0.15) is 0 Å². The first-order valence-corrected chi connectivity index (χ1v) is 9.28. The van der Waals surface area contributed by atoms with Crippen molar-refractivity contribution in [3.63, 3.8) is 0 Å². The Morgan fingerprint density at radius 2 is 1.84 bits per heavy atom. The van der Waals surface area contributed by atoms with E-state index in [4.69, 9.17) is 18.9 Å². The molecular formula is C19H30BNO4. The summed E-state index contributed by atoms with van der Waals surface area (Å²) in [6, 6.07) is 6.11. The molecule has 138 valence electrons. The molecule has 1 N–H and O–H groups in total. The second-order valence-electron chi connectivity index (χ2n) is 8.00. The Morgan fingerprint density at radius 3 is 2.44 bits per heavy atom. The van der Waals surface area contributed by atoms with E-state index >= 15 is 0 Å². The Morgan fingerprint density at radius 1 is 1.16 bits per heavy atom. The van der Waals surface area contributed by atoms with E-state index in [1.807, 2.05) is 19.1 Å². The lowest BCUT2D eigenvalue weighted by atomic mass is 9.77. The molecule has 1 saturated carbocycles. The standard InChI is InChI=1S/C19H30BNO4/c1-6-21-23-13-15-9-10-17(22-12-14-7-8-14)16(11-15)20-24-18(2,3)19(4,5)25-20/h9-11,14,21H,6-8,12-13H2,1-5H3. The van der Waals surface area contributed by atoms with Crippen LogP contribution in [0.15, 0.2) is 18.2 Å². The van der Waals surface area contributed by atoms with Crippen LogP contribution in [0, 0.1) is 5.92 Å². The van der Waals surface area contributed by atoms with E-state index in [9.17, 15) is 0 Å². The molecule has 0 amide bonds. The van der Waals surface area contributed by atoms with Gasteiger partial charge in [-0.1, -0.05) is 19.1 Å². The van der Waals surface area contributed by atoms with E-state index in [2.05, 4.69) is 39.2 Å². The zero-order valence-electron chi connectivity index (χ0n) is 16.1. The average Bonchev–Trinajstić information content (AvgIpc) is 3.33. The number of hydrogen-bond donors (Lipinski definition) is 1.